The Morgan fingerprint density at radius 3 is 2.90 bits per heavy atom. The van der Waals surface area contributed by atoms with Crippen LogP contribution in [0.4, 0.5) is 11.5 Å². The predicted octanol–water partition coefficient (Wildman–Crippen LogP) is 3.42. The normalized spacial score (nSPS) is 12.9. The smallest absolute Gasteiger partial charge is 0.156 e. The Hall–Kier alpha value is -3.03. The summed E-state index contributed by atoms with van der Waals surface area (Å²) in [7, 11) is 1.65. The summed E-state index contributed by atoms with van der Waals surface area (Å²) in [5, 5.41) is 29.8. The molecule has 1 heterocycles. The third kappa shape index (κ3) is 3.99. The number of ether oxygens (including phenoxy) is 2. The van der Waals surface area contributed by atoms with Gasteiger partial charge in [0.25, 0.3) is 0 Å². The SMILES string of the molecule is CCOc1cccc(Nc2n[nH]c3c2Cc2cc(CCC(O)CO)c(OC)cc2-3)c1. The largest absolute Gasteiger partial charge is 0.496 e. The summed E-state index contributed by atoms with van der Waals surface area (Å²) >= 11 is 0. The highest BCUT2D eigenvalue weighted by Gasteiger charge is 2.26. The van der Waals surface area contributed by atoms with E-state index in [1.807, 2.05) is 37.3 Å². The monoisotopic (exact) mass is 409 g/mol. The first-order chi connectivity index (χ1) is 14.6. The molecule has 0 bridgehead atoms. The van der Waals surface area contributed by atoms with Crippen molar-refractivity contribution in [2.75, 3.05) is 25.6 Å². The van der Waals surface area contributed by atoms with E-state index in [0.717, 1.165) is 51.8 Å². The van der Waals surface area contributed by atoms with Crippen LogP contribution in [-0.2, 0) is 12.8 Å². The van der Waals surface area contributed by atoms with E-state index in [9.17, 15) is 5.11 Å². The third-order valence-corrected chi connectivity index (χ3v) is 5.38. The van der Waals surface area contributed by atoms with Crippen LogP contribution in [0.25, 0.3) is 11.3 Å². The van der Waals surface area contributed by atoms with Crippen molar-refractivity contribution in [2.24, 2.45) is 0 Å². The number of aliphatic hydroxyl groups excluding tert-OH is 2. The quantitative estimate of drug-likeness (QED) is 0.338. The predicted molar refractivity (Wildman–Crippen MR) is 116 cm³/mol. The number of hydrogen-bond donors (Lipinski definition) is 4. The van der Waals surface area contributed by atoms with E-state index in [4.69, 9.17) is 14.6 Å². The van der Waals surface area contributed by atoms with Gasteiger partial charge in [0.1, 0.15) is 11.5 Å². The van der Waals surface area contributed by atoms with Crippen LogP contribution in [0, 0.1) is 0 Å². The fraction of sp³-hybridized carbons (Fsp3) is 0.348. The lowest BCUT2D eigenvalue weighted by molar-refractivity contribution is 0.0884. The molecule has 1 aromatic heterocycles. The first-order valence-corrected chi connectivity index (χ1v) is 10.2. The molecule has 4 rings (SSSR count). The molecule has 7 heteroatoms. The van der Waals surface area contributed by atoms with Crippen molar-refractivity contribution < 1.29 is 19.7 Å². The molecule has 7 nitrogen and oxygen atoms in total. The van der Waals surface area contributed by atoms with E-state index in [1.54, 1.807) is 7.11 Å². The van der Waals surface area contributed by atoms with E-state index in [1.165, 1.54) is 5.56 Å². The number of aryl methyl sites for hydroxylation is 1. The molecule has 0 saturated carbocycles. The Morgan fingerprint density at radius 2 is 2.13 bits per heavy atom. The molecule has 1 atom stereocenters. The molecule has 0 amide bonds. The van der Waals surface area contributed by atoms with Crippen LogP contribution in [0.3, 0.4) is 0 Å². The minimum absolute atomic E-state index is 0.233. The van der Waals surface area contributed by atoms with Gasteiger partial charge >= 0.3 is 0 Å². The molecular formula is C23H27N3O4. The number of anilines is 2. The summed E-state index contributed by atoms with van der Waals surface area (Å²) in [5.74, 6) is 2.39. The number of aliphatic hydroxyl groups is 2. The Bertz CT molecular complexity index is 1030. The molecule has 4 N–H and O–H groups in total. The van der Waals surface area contributed by atoms with Crippen LogP contribution in [0.2, 0.25) is 0 Å². The van der Waals surface area contributed by atoms with Gasteiger partial charge in [0.2, 0.25) is 0 Å². The molecule has 0 aliphatic heterocycles. The molecule has 0 radical (unpaired) electrons. The number of benzene rings is 2. The number of H-pyrrole nitrogens is 1. The lowest BCUT2D eigenvalue weighted by atomic mass is 10.00. The molecular weight excluding hydrogens is 382 g/mol. The Morgan fingerprint density at radius 1 is 1.27 bits per heavy atom. The molecule has 1 aliphatic rings. The number of hydrogen-bond acceptors (Lipinski definition) is 6. The standard InChI is InChI=1S/C23H27N3O4/c1-3-30-18-6-4-5-16(11-18)24-23-20-10-15-9-14(7-8-17(28)13-27)21(29-2)12-19(15)22(20)25-26-23/h4-6,9,11-12,17,27-28H,3,7-8,10,13H2,1-2H3,(H2,24,25,26). The minimum atomic E-state index is -0.719. The molecule has 2 aromatic carbocycles. The fourth-order valence-corrected chi connectivity index (χ4v) is 3.87. The topological polar surface area (TPSA) is 99.6 Å². The summed E-state index contributed by atoms with van der Waals surface area (Å²) in [5.41, 5.74) is 6.33. The van der Waals surface area contributed by atoms with Gasteiger partial charge in [-0.1, -0.05) is 12.1 Å². The number of nitrogens with one attached hydrogen (secondary N) is 2. The summed E-state index contributed by atoms with van der Waals surface area (Å²) < 4.78 is 11.2. The Balaban J connectivity index is 1.58. The molecule has 0 fully saturated rings. The summed E-state index contributed by atoms with van der Waals surface area (Å²) in [6.07, 6.45) is 1.16. The van der Waals surface area contributed by atoms with Crippen LogP contribution in [0.1, 0.15) is 30.0 Å². The van der Waals surface area contributed by atoms with E-state index in [0.29, 0.717) is 19.4 Å². The van der Waals surface area contributed by atoms with Crippen molar-refractivity contribution in [3.05, 3.63) is 53.1 Å². The van der Waals surface area contributed by atoms with E-state index < -0.39 is 6.10 Å². The van der Waals surface area contributed by atoms with E-state index in [2.05, 4.69) is 21.6 Å². The van der Waals surface area contributed by atoms with Gasteiger partial charge in [0.05, 0.1) is 32.1 Å². The summed E-state index contributed by atoms with van der Waals surface area (Å²) in [4.78, 5) is 0. The van der Waals surface area contributed by atoms with Crippen molar-refractivity contribution in [3.8, 4) is 22.8 Å². The van der Waals surface area contributed by atoms with Crippen LogP contribution < -0.4 is 14.8 Å². The van der Waals surface area contributed by atoms with Gasteiger partial charge in [-0.25, -0.2) is 0 Å². The fourth-order valence-electron chi connectivity index (χ4n) is 3.87. The molecule has 3 aromatic rings. The zero-order valence-corrected chi connectivity index (χ0v) is 17.2. The van der Waals surface area contributed by atoms with Gasteiger partial charge in [0, 0.05) is 29.3 Å². The number of methoxy groups -OCH3 is 1. The molecule has 0 saturated heterocycles. The van der Waals surface area contributed by atoms with Crippen LogP contribution in [-0.4, -0.2) is 46.8 Å². The average Bonchev–Trinajstić information content (AvgIpc) is 3.31. The van der Waals surface area contributed by atoms with Gasteiger partial charge in [-0.15, -0.1) is 0 Å². The van der Waals surface area contributed by atoms with E-state index >= 15 is 0 Å². The second kappa shape index (κ2) is 8.77. The highest BCUT2D eigenvalue weighted by Crippen LogP contribution is 2.42. The van der Waals surface area contributed by atoms with Gasteiger partial charge in [0.15, 0.2) is 5.82 Å². The van der Waals surface area contributed by atoms with Gasteiger partial charge in [-0.05, 0) is 49.1 Å². The van der Waals surface area contributed by atoms with Crippen LogP contribution in [0.15, 0.2) is 36.4 Å². The average molecular weight is 409 g/mol. The maximum atomic E-state index is 9.69. The molecule has 158 valence electrons. The first kappa shape index (κ1) is 20.3. The summed E-state index contributed by atoms with van der Waals surface area (Å²) in [6, 6.07) is 12.0. The lowest BCUT2D eigenvalue weighted by Crippen LogP contribution is -2.13. The minimum Gasteiger partial charge on any atom is -0.496 e. The maximum Gasteiger partial charge on any atom is 0.156 e. The number of aromatic amines is 1. The number of nitrogens with zero attached hydrogens (tertiary/aromatic N) is 1. The van der Waals surface area contributed by atoms with Crippen molar-refractivity contribution in [3.63, 3.8) is 0 Å². The first-order valence-electron chi connectivity index (χ1n) is 10.2. The molecule has 1 unspecified atom stereocenters. The second-order valence-electron chi connectivity index (χ2n) is 7.38. The Kier molecular flexibility index (Phi) is 5.92. The van der Waals surface area contributed by atoms with Gasteiger partial charge < -0.3 is 25.0 Å². The molecule has 30 heavy (non-hydrogen) atoms. The van der Waals surface area contributed by atoms with Gasteiger partial charge in [-0.3, -0.25) is 5.10 Å². The lowest BCUT2D eigenvalue weighted by Gasteiger charge is -2.13. The van der Waals surface area contributed by atoms with Crippen LogP contribution >= 0.6 is 0 Å². The number of fused-ring (bicyclic) bond motifs is 3. The highest BCUT2D eigenvalue weighted by molar-refractivity contribution is 5.81. The zero-order chi connectivity index (χ0) is 21.1. The van der Waals surface area contributed by atoms with Crippen molar-refractivity contribution in [2.45, 2.75) is 32.3 Å². The van der Waals surface area contributed by atoms with Crippen molar-refractivity contribution >= 4 is 11.5 Å². The number of rotatable bonds is 9. The van der Waals surface area contributed by atoms with Crippen molar-refractivity contribution in [1.29, 1.82) is 0 Å². The highest BCUT2D eigenvalue weighted by atomic mass is 16.5. The second-order valence-corrected chi connectivity index (χ2v) is 7.38. The number of aromatic nitrogens is 2. The maximum absolute atomic E-state index is 9.69. The third-order valence-electron chi connectivity index (χ3n) is 5.38. The van der Waals surface area contributed by atoms with Crippen LogP contribution in [0.5, 0.6) is 11.5 Å². The van der Waals surface area contributed by atoms with Crippen molar-refractivity contribution in [1.82, 2.24) is 10.2 Å². The summed E-state index contributed by atoms with van der Waals surface area (Å²) in [6.45, 7) is 2.35. The zero-order valence-electron chi connectivity index (χ0n) is 17.2. The molecule has 0 spiro atoms. The van der Waals surface area contributed by atoms with Gasteiger partial charge in [-0.2, -0.15) is 5.10 Å². The Labute approximate surface area is 175 Å². The molecule has 1 aliphatic carbocycles. The van der Waals surface area contributed by atoms with E-state index in [-0.39, 0.29) is 6.61 Å².